The fourth-order valence-corrected chi connectivity index (χ4v) is 2.72. The Morgan fingerprint density at radius 2 is 2.12 bits per heavy atom. The van der Waals surface area contributed by atoms with E-state index >= 15 is 0 Å². The zero-order valence-corrected chi connectivity index (χ0v) is 13.6. The standard InChI is InChI=1S/C15H15FN6OS/c1-22-8-11(6-19-22)14(10-2-4-12(16)5-3-10)17-7-13(23)20-15-21-18-9-24-15/h2-6,8-9,14,17H,7H2,1H3,(H,20,21,23)/t14-/m0/s1. The lowest BCUT2D eigenvalue weighted by molar-refractivity contribution is -0.115. The number of nitrogens with one attached hydrogen (secondary N) is 2. The molecule has 0 aliphatic heterocycles. The number of carbonyl (C=O) groups excluding carboxylic acids is 1. The number of hydrogen-bond donors (Lipinski definition) is 2. The third-order valence-corrected chi connectivity index (χ3v) is 3.94. The van der Waals surface area contributed by atoms with E-state index in [4.69, 9.17) is 0 Å². The predicted molar refractivity (Wildman–Crippen MR) is 88.0 cm³/mol. The zero-order valence-electron chi connectivity index (χ0n) is 12.8. The first kappa shape index (κ1) is 16.2. The van der Waals surface area contributed by atoms with Crippen LogP contribution in [0.15, 0.2) is 42.2 Å². The van der Waals surface area contributed by atoms with Crippen LogP contribution in [0, 0.1) is 5.82 Å². The van der Waals surface area contributed by atoms with E-state index in [0.29, 0.717) is 5.13 Å². The summed E-state index contributed by atoms with van der Waals surface area (Å²) in [5.74, 6) is -0.541. The number of amides is 1. The maximum Gasteiger partial charge on any atom is 0.240 e. The van der Waals surface area contributed by atoms with E-state index < -0.39 is 0 Å². The van der Waals surface area contributed by atoms with Crippen molar-refractivity contribution in [1.29, 1.82) is 0 Å². The Bertz CT molecular complexity index is 802. The molecular formula is C15H15FN6OS. The predicted octanol–water partition coefficient (Wildman–Crippen LogP) is 1.73. The summed E-state index contributed by atoms with van der Waals surface area (Å²) in [4.78, 5) is 12.0. The molecule has 2 aromatic heterocycles. The molecule has 0 saturated heterocycles. The average molecular weight is 346 g/mol. The van der Waals surface area contributed by atoms with Gasteiger partial charge < -0.3 is 0 Å². The fraction of sp³-hybridized carbons (Fsp3) is 0.200. The first-order valence-electron chi connectivity index (χ1n) is 7.15. The number of aromatic nitrogens is 4. The molecule has 0 radical (unpaired) electrons. The van der Waals surface area contributed by atoms with Gasteiger partial charge in [-0.2, -0.15) is 5.10 Å². The van der Waals surface area contributed by atoms with Gasteiger partial charge in [0.15, 0.2) is 0 Å². The van der Waals surface area contributed by atoms with Crippen molar-refractivity contribution in [3.05, 3.63) is 59.1 Å². The van der Waals surface area contributed by atoms with Gasteiger partial charge in [0, 0.05) is 18.8 Å². The maximum atomic E-state index is 13.2. The van der Waals surface area contributed by atoms with Gasteiger partial charge >= 0.3 is 0 Å². The van der Waals surface area contributed by atoms with Crippen LogP contribution < -0.4 is 10.6 Å². The second-order valence-corrected chi connectivity index (χ2v) is 5.94. The Balaban J connectivity index is 1.72. The highest BCUT2D eigenvalue weighted by molar-refractivity contribution is 7.13. The van der Waals surface area contributed by atoms with Crippen molar-refractivity contribution < 1.29 is 9.18 Å². The number of carbonyl (C=O) groups is 1. The van der Waals surface area contributed by atoms with Gasteiger partial charge in [0.25, 0.3) is 0 Å². The summed E-state index contributed by atoms with van der Waals surface area (Å²) in [6.45, 7) is 0.0660. The number of aryl methyl sites for hydroxylation is 1. The van der Waals surface area contributed by atoms with E-state index in [1.807, 2.05) is 13.2 Å². The van der Waals surface area contributed by atoms with E-state index in [-0.39, 0.29) is 24.3 Å². The lowest BCUT2D eigenvalue weighted by atomic mass is 10.0. The Labute approximate surface area is 141 Å². The number of halogens is 1. The lowest BCUT2D eigenvalue weighted by Crippen LogP contribution is -2.31. The van der Waals surface area contributed by atoms with Gasteiger partial charge in [-0.3, -0.25) is 20.1 Å². The molecule has 0 saturated carbocycles. The molecule has 1 aromatic carbocycles. The van der Waals surface area contributed by atoms with Gasteiger partial charge in [0.2, 0.25) is 11.0 Å². The molecule has 0 spiro atoms. The minimum absolute atomic E-state index is 0.0660. The number of hydrogen-bond acceptors (Lipinski definition) is 6. The van der Waals surface area contributed by atoms with Crippen LogP contribution in [0.25, 0.3) is 0 Å². The second kappa shape index (κ2) is 7.28. The quantitative estimate of drug-likeness (QED) is 0.710. The van der Waals surface area contributed by atoms with Crippen molar-refractivity contribution in [3.63, 3.8) is 0 Å². The molecule has 9 heteroatoms. The van der Waals surface area contributed by atoms with Crippen LogP contribution in [-0.4, -0.2) is 32.4 Å². The SMILES string of the molecule is Cn1cc([C@@H](NCC(=O)Nc2nncs2)c2ccc(F)cc2)cn1. The second-order valence-electron chi connectivity index (χ2n) is 5.10. The van der Waals surface area contributed by atoms with Crippen LogP contribution in [0.1, 0.15) is 17.2 Å². The van der Waals surface area contributed by atoms with Gasteiger partial charge in [-0.25, -0.2) is 4.39 Å². The van der Waals surface area contributed by atoms with Crippen molar-refractivity contribution in [2.45, 2.75) is 6.04 Å². The lowest BCUT2D eigenvalue weighted by Gasteiger charge is -2.17. The number of anilines is 1. The Morgan fingerprint density at radius 1 is 1.33 bits per heavy atom. The van der Waals surface area contributed by atoms with Crippen LogP contribution in [0.3, 0.4) is 0 Å². The normalized spacial score (nSPS) is 12.1. The van der Waals surface area contributed by atoms with Crippen LogP contribution in [-0.2, 0) is 11.8 Å². The molecular weight excluding hydrogens is 331 g/mol. The Hall–Kier alpha value is -2.65. The van der Waals surface area contributed by atoms with Crippen molar-refractivity contribution >= 4 is 22.4 Å². The van der Waals surface area contributed by atoms with Crippen LogP contribution >= 0.6 is 11.3 Å². The van der Waals surface area contributed by atoms with Crippen molar-refractivity contribution in [1.82, 2.24) is 25.3 Å². The highest BCUT2D eigenvalue weighted by Crippen LogP contribution is 2.21. The highest BCUT2D eigenvalue weighted by atomic mass is 32.1. The molecule has 1 atom stereocenters. The molecule has 0 fully saturated rings. The molecule has 24 heavy (non-hydrogen) atoms. The van der Waals surface area contributed by atoms with E-state index in [1.165, 1.54) is 23.5 Å². The molecule has 1 amide bonds. The van der Waals surface area contributed by atoms with Crippen LogP contribution in [0.2, 0.25) is 0 Å². The Morgan fingerprint density at radius 3 is 2.75 bits per heavy atom. The van der Waals surface area contributed by atoms with E-state index in [2.05, 4.69) is 25.9 Å². The third-order valence-electron chi connectivity index (χ3n) is 3.33. The number of benzene rings is 1. The minimum Gasteiger partial charge on any atom is -0.299 e. The number of nitrogens with zero attached hydrogens (tertiary/aromatic N) is 4. The zero-order chi connectivity index (χ0) is 16.9. The average Bonchev–Trinajstić information content (AvgIpc) is 3.21. The van der Waals surface area contributed by atoms with E-state index in [1.54, 1.807) is 28.5 Å². The first-order valence-corrected chi connectivity index (χ1v) is 8.03. The van der Waals surface area contributed by atoms with E-state index in [9.17, 15) is 9.18 Å². The van der Waals surface area contributed by atoms with Crippen molar-refractivity contribution in [3.8, 4) is 0 Å². The van der Waals surface area contributed by atoms with Crippen molar-refractivity contribution in [2.75, 3.05) is 11.9 Å². The van der Waals surface area contributed by atoms with E-state index in [0.717, 1.165) is 11.1 Å². The molecule has 3 aromatic rings. The molecule has 0 unspecified atom stereocenters. The van der Waals surface area contributed by atoms with Gasteiger partial charge in [-0.15, -0.1) is 10.2 Å². The van der Waals surface area contributed by atoms with Crippen LogP contribution in [0.5, 0.6) is 0 Å². The van der Waals surface area contributed by atoms with Gasteiger partial charge in [-0.05, 0) is 17.7 Å². The smallest absolute Gasteiger partial charge is 0.240 e. The molecule has 2 N–H and O–H groups in total. The van der Waals surface area contributed by atoms with Gasteiger partial charge in [0.1, 0.15) is 11.3 Å². The molecule has 3 rings (SSSR count). The Kier molecular flexibility index (Phi) is 4.92. The first-order chi connectivity index (χ1) is 11.6. The highest BCUT2D eigenvalue weighted by Gasteiger charge is 2.17. The summed E-state index contributed by atoms with van der Waals surface area (Å²) in [6, 6.07) is 5.87. The summed E-state index contributed by atoms with van der Waals surface area (Å²) in [6.07, 6.45) is 3.56. The minimum atomic E-state index is -0.308. The summed E-state index contributed by atoms with van der Waals surface area (Å²) in [7, 11) is 1.81. The monoisotopic (exact) mass is 346 g/mol. The van der Waals surface area contributed by atoms with Crippen molar-refractivity contribution in [2.24, 2.45) is 7.05 Å². The summed E-state index contributed by atoms with van der Waals surface area (Å²) in [5.41, 5.74) is 3.26. The fourth-order valence-electron chi connectivity index (χ4n) is 2.26. The van der Waals surface area contributed by atoms with Gasteiger partial charge in [0.05, 0.1) is 18.8 Å². The maximum absolute atomic E-state index is 13.2. The molecule has 2 heterocycles. The molecule has 7 nitrogen and oxygen atoms in total. The summed E-state index contributed by atoms with van der Waals surface area (Å²) in [5, 5.41) is 17.9. The topological polar surface area (TPSA) is 84.7 Å². The van der Waals surface area contributed by atoms with Gasteiger partial charge in [-0.1, -0.05) is 23.5 Å². The summed E-state index contributed by atoms with van der Waals surface area (Å²) < 4.78 is 14.8. The molecule has 0 aliphatic rings. The largest absolute Gasteiger partial charge is 0.299 e. The molecule has 0 bridgehead atoms. The third kappa shape index (κ3) is 4.00. The molecule has 0 aliphatic carbocycles. The summed E-state index contributed by atoms with van der Waals surface area (Å²) >= 11 is 1.25. The molecule has 124 valence electrons. The van der Waals surface area contributed by atoms with Crippen LogP contribution in [0.4, 0.5) is 9.52 Å². The number of rotatable bonds is 6.